The number of ether oxygens (including phenoxy) is 5. The summed E-state index contributed by atoms with van der Waals surface area (Å²) in [6.07, 6.45) is 2.17. The summed E-state index contributed by atoms with van der Waals surface area (Å²) in [5.74, 6) is 3.28. The number of benzene rings is 2. The van der Waals surface area contributed by atoms with E-state index in [0.717, 1.165) is 35.5 Å². The summed E-state index contributed by atoms with van der Waals surface area (Å²) in [5.41, 5.74) is 1.80. The fourth-order valence-corrected chi connectivity index (χ4v) is 3.64. The second kappa shape index (κ2) is 10.9. The predicted octanol–water partition coefficient (Wildman–Crippen LogP) is 3.01. The Bertz CT molecular complexity index is 929. The van der Waals surface area contributed by atoms with Gasteiger partial charge in [0.05, 0.1) is 42.1 Å². The topological polar surface area (TPSA) is 78.5 Å². The highest BCUT2D eigenvalue weighted by Crippen LogP contribution is 2.35. The molecule has 1 aliphatic carbocycles. The van der Waals surface area contributed by atoms with Crippen molar-refractivity contribution in [3.8, 4) is 28.7 Å². The Labute approximate surface area is 189 Å². The summed E-state index contributed by atoms with van der Waals surface area (Å²) in [6, 6.07) is 9.69. The normalized spacial score (nSPS) is 12.9. The van der Waals surface area contributed by atoms with Gasteiger partial charge in [0, 0.05) is 36.3 Å². The Balaban J connectivity index is 1.67. The first kappa shape index (κ1) is 23.5. The van der Waals surface area contributed by atoms with Crippen LogP contribution in [-0.4, -0.2) is 58.9 Å². The lowest BCUT2D eigenvalue weighted by molar-refractivity contribution is -0.122. The first-order chi connectivity index (χ1) is 15.5. The highest BCUT2D eigenvalue weighted by molar-refractivity contribution is 5.78. The van der Waals surface area contributed by atoms with E-state index in [1.54, 1.807) is 41.6 Å². The molecule has 2 aromatic carbocycles. The van der Waals surface area contributed by atoms with Crippen molar-refractivity contribution in [1.29, 1.82) is 0 Å². The molecule has 1 aliphatic rings. The summed E-state index contributed by atoms with van der Waals surface area (Å²) >= 11 is 0. The maximum absolute atomic E-state index is 12.8. The van der Waals surface area contributed by atoms with Crippen LogP contribution in [-0.2, 0) is 17.9 Å². The van der Waals surface area contributed by atoms with Gasteiger partial charge in [-0.15, -0.1) is 0 Å². The van der Waals surface area contributed by atoms with Gasteiger partial charge < -0.3 is 29.0 Å². The molecule has 0 spiro atoms. The van der Waals surface area contributed by atoms with Crippen LogP contribution in [0.15, 0.2) is 30.3 Å². The zero-order valence-electron chi connectivity index (χ0n) is 19.4. The van der Waals surface area contributed by atoms with E-state index in [-0.39, 0.29) is 5.91 Å². The monoisotopic (exact) mass is 444 g/mol. The molecule has 2 aromatic rings. The van der Waals surface area contributed by atoms with Crippen LogP contribution in [0.2, 0.25) is 0 Å². The lowest BCUT2D eigenvalue weighted by Crippen LogP contribution is -2.38. The van der Waals surface area contributed by atoms with Gasteiger partial charge in [0.25, 0.3) is 0 Å². The fourth-order valence-electron chi connectivity index (χ4n) is 3.64. The van der Waals surface area contributed by atoms with Crippen molar-refractivity contribution in [3.63, 3.8) is 0 Å². The average Bonchev–Trinajstić information content (AvgIpc) is 3.67. The van der Waals surface area contributed by atoms with E-state index < -0.39 is 0 Å². The number of rotatable bonds is 12. The molecule has 1 N–H and O–H groups in total. The van der Waals surface area contributed by atoms with Gasteiger partial charge in [-0.25, -0.2) is 0 Å². The minimum atomic E-state index is -0.0596. The molecule has 0 atom stereocenters. The van der Waals surface area contributed by atoms with Crippen molar-refractivity contribution in [2.45, 2.75) is 32.0 Å². The van der Waals surface area contributed by atoms with Crippen molar-refractivity contribution in [3.05, 3.63) is 41.5 Å². The number of hydrogen-bond donors (Lipinski definition) is 1. The molecule has 1 fully saturated rings. The van der Waals surface area contributed by atoms with E-state index in [0.29, 0.717) is 42.9 Å². The molecular weight excluding hydrogens is 412 g/mol. The molecule has 0 heterocycles. The number of amides is 1. The number of methoxy groups -OCH3 is 5. The van der Waals surface area contributed by atoms with Gasteiger partial charge in [-0.05, 0) is 37.1 Å². The highest BCUT2D eigenvalue weighted by atomic mass is 16.5. The second-order valence-electron chi connectivity index (χ2n) is 7.61. The highest BCUT2D eigenvalue weighted by Gasteiger charge is 2.31. The SMILES string of the molecule is COc1ccc(OC)c(CN(CC(=O)NCc2cc(OC)c(OC)cc2OC)C2CC2)c1. The molecule has 32 heavy (non-hydrogen) atoms. The van der Waals surface area contributed by atoms with E-state index in [1.807, 2.05) is 24.3 Å². The van der Waals surface area contributed by atoms with Crippen LogP contribution in [0.25, 0.3) is 0 Å². The van der Waals surface area contributed by atoms with E-state index in [4.69, 9.17) is 23.7 Å². The Morgan fingerprint density at radius 1 is 0.844 bits per heavy atom. The van der Waals surface area contributed by atoms with Gasteiger partial charge in [0.15, 0.2) is 11.5 Å². The molecule has 0 unspecified atom stereocenters. The van der Waals surface area contributed by atoms with Crippen molar-refractivity contribution in [2.75, 3.05) is 42.1 Å². The zero-order valence-corrected chi connectivity index (χ0v) is 19.4. The molecule has 0 saturated heterocycles. The van der Waals surface area contributed by atoms with E-state index in [2.05, 4.69) is 10.2 Å². The van der Waals surface area contributed by atoms with Crippen LogP contribution in [0.5, 0.6) is 28.7 Å². The first-order valence-corrected chi connectivity index (χ1v) is 10.5. The molecule has 3 rings (SSSR count). The molecule has 0 aromatic heterocycles. The molecular formula is C24H32N2O6. The van der Waals surface area contributed by atoms with Gasteiger partial charge >= 0.3 is 0 Å². The molecule has 174 valence electrons. The largest absolute Gasteiger partial charge is 0.497 e. The number of carbonyl (C=O) groups is 1. The predicted molar refractivity (Wildman–Crippen MR) is 121 cm³/mol. The number of hydrogen-bond acceptors (Lipinski definition) is 7. The second-order valence-corrected chi connectivity index (χ2v) is 7.61. The number of carbonyl (C=O) groups excluding carboxylic acids is 1. The molecule has 8 heteroatoms. The van der Waals surface area contributed by atoms with Crippen LogP contribution in [0.3, 0.4) is 0 Å². The van der Waals surface area contributed by atoms with Crippen LogP contribution in [0, 0.1) is 0 Å². The fraction of sp³-hybridized carbons (Fsp3) is 0.458. The molecule has 0 radical (unpaired) electrons. The van der Waals surface area contributed by atoms with Crippen LogP contribution in [0.4, 0.5) is 0 Å². The maximum Gasteiger partial charge on any atom is 0.234 e. The molecule has 0 aliphatic heterocycles. The van der Waals surface area contributed by atoms with Crippen molar-refractivity contribution >= 4 is 5.91 Å². The van der Waals surface area contributed by atoms with Crippen LogP contribution in [0.1, 0.15) is 24.0 Å². The van der Waals surface area contributed by atoms with Crippen molar-refractivity contribution < 1.29 is 28.5 Å². The average molecular weight is 445 g/mol. The standard InChI is InChI=1S/C24H32N2O6/c1-28-19-8-9-20(29-2)17(10-19)14-26(18-6-7-18)15-24(27)25-13-16-11-22(31-4)23(32-5)12-21(16)30-3/h8-12,18H,6-7,13-15H2,1-5H3,(H,25,27). The quantitative estimate of drug-likeness (QED) is 0.539. The first-order valence-electron chi connectivity index (χ1n) is 10.5. The van der Waals surface area contributed by atoms with Gasteiger partial charge in [0.1, 0.15) is 17.2 Å². The van der Waals surface area contributed by atoms with Crippen LogP contribution >= 0.6 is 0 Å². The van der Waals surface area contributed by atoms with Crippen molar-refractivity contribution in [1.82, 2.24) is 10.2 Å². The maximum atomic E-state index is 12.8. The Hall–Kier alpha value is -3.13. The molecule has 8 nitrogen and oxygen atoms in total. The number of nitrogens with one attached hydrogen (secondary N) is 1. The summed E-state index contributed by atoms with van der Waals surface area (Å²) in [5, 5.41) is 3.00. The lowest BCUT2D eigenvalue weighted by atomic mass is 10.1. The van der Waals surface area contributed by atoms with Gasteiger partial charge in [-0.2, -0.15) is 0 Å². The third kappa shape index (κ3) is 5.76. The van der Waals surface area contributed by atoms with E-state index in [9.17, 15) is 4.79 Å². The zero-order chi connectivity index (χ0) is 23.1. The Morgan fingerprint density at radius 3 is 2.09 bits per heavy atom. The lowest BCUT2D eigenvalue weighted by Gasteiger charge is -2.23. The molecule has 0 bridgehead atoms. The summed E-state index contributed by atoms with van der Waals surface area (Å²) < 4.78 is 27.0. The van der Waals surface area contributed by atoms with E-state index in [1.165, 1.54) is 0 Å². The van der Waals surface area contributed by atoms with Crippen molar-refractivity contribution in [2.24, 2.45) is 0 Å². The van der Waals surface area contributed by atoms with Gasteiger partial charge in [-0.1, -0.05) is 0 Å². The summed E-state index contributed by atoms with van der Waals surface area (Å²) in [6.45, 7) is 1.22. The summed E-state index contributed by atoms with van der Waals surface area (Å²) in [4.78, 5) is 15.0. The van der Waals surface area contributed by atoms with E-state index >= 15 is 0 Å². The van der Waals surface area contributed by atoms with Gasteiger partial charge in [0.2, 0.25) is 5.91 Å². The Kier molecular flexibility index (Phi) is 8.05. The smallest absolute Gasteiger partial charge is 0.234 e. The summed E-state index contributed by atoms with van der Waals surface area (Å²) in [7, 11) is 8.02. The number of nitrogens with zero attached hydrogens (tertiary/aromatic N) is 1. The molecule has 1 amide bonds. The minimum Gasteiger partial charge on any atom is -0.497 e. The van der Waals surface area contributed by atoms with Crippen LogP contribution < -0.4 is 29.0 Å². The third-order valence-corrected chi connectivity index (χ3v) is 5.53. The molecule has 1 saturated carbocycles. The minimum absolute atomic E-state index is 0.0596. The Morgan fingerprint density at radius 2 is 1.50 bits per heavy atom. The third-order valence-electron chi connectivity index (χ3n) is 5.53. The van der Waals surface area contributed by atoms with Gasteiger partial charge in [-0.3, -0.25) is 9.69 Å².